The van der Waals surface area contributed by atoms with Gasteiger partial charge in [0.05, 0.1) is 10.2 Å². The summed E-state index contributed by atoms with van der Waals surface area (Å²) in [6.07, 6.45) is 0. The van der Waals surface area contributed by atoms with Gasteiger partial charge in [-0.2, -0.15) is 0 Å². The van der Waals surface area contributed by atoms with E-state index in [1.165, 1.54) is 12.1 Å². The van der Waals surface area contributed by atoms with Crippen molar-refractivity contribution in [2.75, 3.05) is 0 Å². The van der Waals surface area contributed by atoms with E-state index in [0.29, 0.717) is 11.8 Å². The highest BCUT2D eigenvalue weighted by Gasteiger charge is 2.56. The second kappa shape index (κ2) is 7.45. The van der Waals surface area contributed by atoms with Crippen LogP contribution in [0.15, 0.2) is 24.3 Å². The van der Waals surface area contributed by atoms with E-state index >= 15 is 0 Å². The Hall–Kier alpha value is -1.17. The molecular weight excluding hydrogens is 430 g/mol. The normalized spacial score (nSPS) is 19.5. The van der Waals surface area contributed by atoms with Crippen molar-refractivity contribution in [1.82, 2.24) is 5.32 Å². The Morgan fingerprint density at radius 1 is 1.19 bits per heavy atom. The Kier molecular flexibility index (Phi) is 6.06. The smallest absolute Gasteiger partial charge is 0.324 e. The zero-order chi connectivity index (χ0) is 19.9. The third-order valence-corrected chi connectivity index (χ3v) is 8.84. The molecule has 1 fully saturated rings. The number of amides is 1. The minimum absolute atomic E-state index is 0.0706. The van der Waals surface area contributed by atoms with Gasteiger partial charge in [-0.1, -0.05) is 42.2 Å². The molecule has 26 heavy (non-hydrogen) atoms. The third kappa shape index (κ3) is 4.38. The lowest BCUT2D eigenvalue weighted by atomic mass is 9.94. The Morgan fingerprint density at radius 2 is 1.73 bits per heavy atom. The molecule has 2 atom stereocenters. The summed E-state index contributed by atoms with van der Waals surface area (Å²) in [5, 5.41) is 9.38. The van der Waals surface area contributed by atoms with Crippen LogP contribution in [0.1, 0.15) is 11.5 Å². The van der Waals surface area contributed by atoms with Crippen molar-refractivity contribution in [3.63, 3.8) is 0 Å². The highest BCUT2D eigenvalue weighted by atomic mass is 32.2. The van der Waals surface area contributed by atoms with E-state index in [-0.39, 0.29) is 9.88 Å². The standard InChI is InChI=1S/C11H12N2O9P2S2/c14-9-8(26-11(25)12-9)7(10(23(17,18)19)24(20,21)22)5-3-1-2-4-6(5)13(15)16/h1-4,7-8,10H,(H,12,14,25)(H2,17,18,19)(H2,20,21,22). The number of hydrogen-bond donors (Lipinski definition) is 5. The van der Waals surface area contributed by atoms with Gasteiger partial charge in [-0.05, 0) is 0 Å². The van der Waals surface area contributed by atoms with Crippen LogP contribution >= 0.6 is 39.2 Å². The summed E-state index contributed by atoms with van der Waals surface area (Å²) in [5.74, 6) is -2.71. The van der Waals surface area contributed by atoms with Gasteiger partial charge in [0.2, 0.25) is 5.91 Å². The van der Waals surface area contributed by atoms with Crippen LogP contribution in [0.25, 0.3) is 0 Å². The molecule has 1 aliphatic rings. The fraction of sp³-hybridized carbons (Fsp3) is 0.273. The molecule has 0 spiro atoms. The number of nitrogens with one attached hydrogen (secondary N) is 1. The number of nitro groups is 1. The number of nitrogens with zero attached hydrogens (tertiary/aromatic N) is 1. The van der Waals surface area contributed by atoms with Gasteiger partial charge in [0.1, 0.15) is 4.32 Å². The average molecular weight is 442 g/mol. The van der Waals surface area contributed by atoms with E-state index in [1.54, 1.807) is 0 Å². The fourth-order valence-electron chi connectivity index (χ4n) is 2.64. The summed E-state index contributed by atoms with van der Waals surface area (Å²) < 4.78 is 23.7. The summed E-state index contributed by atoms with van der Waals surface area (Å²) >= 11 is 5.43. The number of rotatable bonds is 6. The monoisotopic (exact) mass is 442 g/mol. The molecule has 0 radical (unpaired) electrons. The van der Waals surface area contributed by atoms with Crippen LogP contribution in [0.4, 0.5) is 5.69 Å². The second-order valence-corrected chi connectivity index (χ2v) is 10.9. The van der Waals surface area contributed by atoms with Gasteiger partial charge in [-0.15, -0.1) is 0 Å². The van der Waals surface area contributed by atoms with Crippen LogP contribution in [-0.4, -0.2) is 45.4 Å². The molecule has 15 heteroatoms. The maximum atomic E-state index is 12.1. The van der Waals surface area contributed by atoms with Crippen LogP contribution in [-0.2, 0) is 13.9 Å². The number of thioether (sulfide) groups is 1. The number of para-hydroxylation sites is 1. The van der Waals surface area contributed by atoms with Crippen LogP contribution in [0.2, 0.25) is 0 Å². The maximum absolute atomic E-state index is 12.1. The van der Waals surface area contributed by atoms with Crippen molar-refractivity contribution in [3.8, 4) is 0 Å². The van der Waals surface area contributed by atoms with Crippen LogP contribution in [0.3, 0.4) is 0 Å². The van der Waals surface area contributed by atoms with Gasteiger partial charge in [-0.25, -0.2) is 0 Å². The van der Waals surface area contributed by atoms with E-state index in [2.05, 4.69) is 5.32 Å². The Bertz CT molecular complexity index is 845. The summed E-state index contributed by atoms with van der Waals surface area (Å²) in [6, 6.07) is 4.67. The molecule has 1 heterocycles. The minimum atomic E-state index is -5.49. The third-order valence-electron chi connectivity index (χ3n) is 3.55. The molecule has 1 amide bonds. The van der Waals surface area contributed by atoms with Gasteiger partial charge >= 0.3 is 15.2 Å². The summed E-state index contributed by atoms with van der Waals surface area (Å²) in [4.78, 5) is 60.8. The SMILES string of the molecule is O=C1NC(=S)SC1C(c1ccccc1[N+](=O)[O-])C(P(=O)(O)O)P(=O)(O)O. The molecule has 2 rings (SSSR count). The molecule has 2 unspecified atom stereocenters. The van der Waals surface area contributed by atoms with Crippen molar-refractivity contribution < 1.29 is 38.4 Å². The first-order valence-electron chi connectivity index (χ1n) is 6.69. The summed E-state index contributed by atoms with van der Waals surface area (Å²) in [6.45, 7) is 0. The highest BCUT2D eigenvalue weighted by Crippen LogP contribution is 2.66. The Balaban J connectivity index is 2.78. The van der Waals surface area contributed by atoms with Crippen LogP contribution in [0.5, 0.6) is 0 Å². The number of carbonyl (C=O) groups excluding carboxylic acids is 1. The number of benzene rings is 1. The molecule has 1 saturated heterocycles. The zero-order valence-electron chi connectivity index (χ0n) is 12.5. The first kappa shape index (κ1) is 21.1. The molecule has 0 aliphatic carbocycles. The van der Waals surface area contributed by atoms with Crippen LogP contribution in [0, 0.1) is 10.1 Å². The average Bonchev–Trinajstić information content (AvgIpc) is 2.80. The van der Waals surface area contributed by atoms with E-state index in [1.807, 2.05) is 0 Å². The minimum Gasteiger partial charge on any atom is -0.324 e. The van der Waals surface area contributed by atoms with E-state index < -0.39 is 48.3 Å². The number of nitro benzene ring substituents is 1. The predicted octanol–water partition coefficient (Wildman–Crippen LogP) is 0.876. The number of hydrogen-bond acceptors (Lipinski definition) is 7. The van der Waals surface area contributed by atoms with Gasteiger partial charge in [-0.3, -0.25) is 24.0 Å². The summed E-state index contributed by atoms with van der Waals surface area (Å²) in [7, 11) is -11.0. The largest absolute Gasteiger partial charge is 0.341 e. The van der Waals surface area contributed by atoms with E-state index in [9.17, 15) is 43.6 Å². The van der Waals surface area contributed by atoms with Gasteiger partial charge in [0.15, 0.2) is 5.40 Å². The molecule has 1 aromatic carbocycles. The predicted molar refractivity (Wildman–Crippen MR) is 95.8 cm³/mol. The molecule has 0 aromatic heterocycles. The lowest BCUT2D eigenvalue weighted by Gasteiger charge is -2.30. The van der Waals surface area contributed by atoms with E-state index in [4.69, 9.17) is 12.2 Å². The van der Waals surface area contributed by atoms with Crippen molar-refractivity contribution in [3.05, 3.63) is 39.9 Å². The molecule has 1 aromatic rings. The molecule has 142 valence electrons. The van der Waals surface area contributed by atoms with E-state index in [0.717, 1.165) is 12.1 Å². The number of thiocarbonyl (C=S) groups is 1. The van der Waals surface area contributed by atoms with Gasteiger partial charge < -0.3 is 24.9 Å². The molecule has 0 saturated carbocycles. The molecule has 0 bridgehead atoms. The second-order valence-electron chi connectivity index (χ2n) is 5.25. The lowest BCUT2D eigenvalue weighted by molar-refractivity contribution is -0.385. The Labute approximate surface area is 155 Å². The maximum Gasteiger partial charge on any atom is 0.341 e. The Morgan fingerprint density at radius 3 is 2.15 bits per heavy atom. The van der Waals surface area contributed by atoms with Crippen molar-refractivity contribution >= 4 is 55.1 Å². The molecule has 1 aliphatic heterocycles. The quantitative estimate of drug-likeness (QED) is 0.182. The topological polar surface area (TPSA) is 187 Å². The van der Waals surface area contributed by atoms with Gasteiger partial charge in [0, 0.05) is 17.5 Å². The number of carbonyl (C=O) groups is 1. The first-order valence-corrected chi connectivity index (χ1v) is 11.3. The highest BCUT2D eigenvalue weighted by molar-refractivity contribution is 8.24. The first-order chi connectivity index (χ1) is 11.8. The lowest BCUT2D eigenvalue weighted by Crippen LogP contribution is -2.35. The van der Waals surface area contributed by atoms with Crippen molar-refractivity contribution in [2.24, 2.45) is 0 Å². The molecule has 11 nitrogen and oxygen atoms in total. The molecule has 5 N–H and O–H groups in total. The van der Waals surface area contributed by atoms with Crippen molar-refractivity contribution in [2.45, 2.75) is 16.6 Å². The zero-order valence-corrected chi connectivity index (χ0v) is 16.0. The summed E-state index contributed by atoms with van der Waals surface area (Å²) in [5.41, 5.74) is -1.01. The molecular formula is C11H12N2O9P2S2. The van der Waals surface area contributed by atoms with Crippen molar-refractivity contribution in [1.29, 1.82) is 0 Å². The van der Waals surface area contributed by atoms with Crippen LogP contribution < -0.4 is 5.32 Å². The van der Waals surface area contributed by atoms with Gasteiger partial charge in [0.25, 0.3) is 5.69 Å². The fourth-order valence-corrected chi connectivity index (χ4v) is 7.36.